The van der Waals surface area contributed by atoms with E-state index in [1.54, 1.807) is 6.92 Å². The molecule has 1 fully saturated rings. The molecular formula is C11H22N2O2. The Morgan fingerprint density at radius 3 is 2.67 bits per heavy atom. The van der Waals surface area contributed by atoms with Gasteiger partial charge in [-0.05, 0) is 31.6 Å². The Hall–Kier alpha value is -0.770. The molecule has 1 rings (SSSR count). The Labute approximate surface area is 91.4 Å². The summed E-state index contributed by atoms with van der Waals surface area (Å²) in [5, 5.41) is 14.3. The maximum Gasteiger partial charge on any atom is 0.315 e. The first-order valence-corrected chi connectivity index (χ1v) is 5.77. The Morgan fingerprint density at radius 1 is 1.53 bits per heavy atom. The summed E-state index contributed by atoms with van der Waals surface area (Å²) in [4.78, 5) is 11.4. The van der Waals surface area contributed by atoms with Crippen LogP contribution >= 0.6 is 0 Å². The third-order valence-corrected chi connectivity index (χ3v) is 3.01. The van der Waals surface area contributed by atoms with Gasteiger partial charge in [-0.1, -0.05) is 13.3 Å². The average Bonchev–Trinajstić information content (AvgIpc) is 2.96. The molecular weight excluding hydrogens is 192 g/mol. The molecule has 0 heterocycles. The van der Waals surface area contributed by atoms with Crippen molar-refractivity contribution in [3.8, 4) is 0 Å². The number of carbonyl (C=O) groups is 1. The van der Waals surface area contributed by atoms with Crippen LogP contribution in [-0.2, 0) is 0 Å². The smallest absolute Gasteiger partial charge is 0.315 e. The zero-order valence-corrected chi connectivity index (χ0v) is 9.68. The van der Waals surface area contributed by atoms with E-state index in [0.717, 1.165) is 6.54 Å². The van der Waals surface area contributed by atoms with E-state index in [4.69, 9.17) is 5.11 Å². The molecule has 0 bridgehead atoms. The van der Waals surface area contributed by atoms with Crippen LogP contribution in [0.5, 0.6) is 0 Å². The minimum Gasteiger partial charge on any atom is -0.394 e. The summed E-state index contributed by atoms with van der Waals surface area (Å²) < 4.78 is 0. The van der Waals surface area contributed by atoms with Crippen LogP contribution < -0.4 is 10.6 Å². The van der Waals surface area contributed by atoms with E-state index in [1.165, 1.54) is 25.7 Å². The maximum atomic E-state index is 11.4. The van der Waals surface area contributed by atoms with Crippen LogP contribution in [0.4, 0.5) is 4.79 Å². The molecule has 0 aliphatic heterocycles. The molecule has 1 aliphatic rings. The molecule has 4 heteroatoms. The van der Waals surface area contributed by atoms with Crippen molar-refractivity contribution < 1.29 is 9.90 Å². The van der Waals surface area contributed by atoms with Crippen molar-refractivity contribution in [1.29, 1.82) is 0 Å². The van der Waals surface area contributed by atoms with Gasteiger partial charge in [-0.25, -0.2) is 4.79 Å². The number of urea groups is 1. The Balaban J connectivity index is 2.16. The molecule has 0 aromatic rings. The highest BCUT2D eigenvalue weighted by molar-refractivity contribution is 5.74. The van der Waals surface area contributed by atoms with Crippen LogP contribution in [0, 0.1) is 5.41 Å². The largest absolute Gasteiger partial charge is 0.394 e. The normalized spacial score (nSPS) is 19.4. The van der Waals surface area contributed by atoms with Crippen LogP contribution in [0.1, 0.15) is 39.5 Å². The first-order valence-electron chi connectivity index (χ1n) is 5.77. The Bertz CT molecular complexity index is 215. The second-order valence-electron chi connectivity index (χ2n) is 4.66. The van der Waals surface area contributed by atoms with E-state index >= 15 is 0 Å². The van der Waals surface area contributed by atoms with Gasteiger partial charge in [0.1, 0.15) is 0 Å². The monoisotopic (exact) mass is 214 g/mol. The van der Waals surface area contributed by atoms with E-state index in [2.05, 4.69) is 17.6 Å². The van der Waals surface area contributed by atoms with Crippen molar-refractivity contribution in [3.63, 3.8) is 0 Å². The van der Waals surface area contributed by atoms with Crippen molar-refractivity contribution in [2.24, 2.45) is 5.41 Å². The summed E-state index contributed by atoms with van der Waals surface area (Å²) >= 11 is 0. The highest BCUT2D eigenvalue weighted by atomic mass is 16.3. The van der Waals surface area contributed by atoms with Crippen molar-refractivity contribution in [2.75, 3.05) is 13.2 Å². The van der Waals surface area contributed by atoms with Gasteiger partial charge in [0, 0.05) is 6.54 Å². The summed E-state index contributed by atoms with van der Waals surface area (Å²) in [5.41, 5.74) is 0.383. The van der Waals surface area contributed by atoms with Crippen molar-refractivity contribution in [2.45, 2.75) is 45.6 Å². The molecule has 0 saturated heterocycles. The van der Waals surface area contributed by atoms with Gasteiger partial charge in [0.05, 0.1) is 12.6 Å². The van der Waals surface area contributed by atoms with Gasteiger partial charge >= 0.3 is 6.03 Å². The van der Waals surface area contributed by atoms with E-state index in [0.29, 0.717) is 5.41 Å². The molecule has 0 aromatic carbocycles. The van der Waals surface area contributed by atoms with Gasteiger partial charge in [0.25, 0.3) is 0 Å². The Morgan fingerprint density at radius 2 is 2.20 bits per heavy atom. The van der Waals surface area contributed by atoms with Crippen LogP contribution in [-0.4, -0.2) is 30.3 Å². The van der Waals surface area contributed by atoms with Gasteiger partial charge in [-0.3, -0.25) is 0 Å². The standard InChI is InChI=1S/C11H22N2O2/c1-3-4-11(5-6-11)8-12-10(15)13-9(2)7-14/h9,14H,3-8H2,1-2H3,(H2,12,13,15)/t9-/m0/s1. The second-order valence-corrected chi connectivity index (χ2v) is 4.66. The first-order chi connectivity index (χ1) is 7.12. The lowest BCUT2D eigenvalue weighted by atomic mass is 10.0. The number of rotatable bonds is 6. The molecule has 1 atom stereocenters. The first kappa shape index (κ1) is 12.3. The summed E-state index contributed by atoms with van der Waals surface area (Å²) in [5.74, 6) is 0. The van der Waals surface area contributed by atoms with E-state index in [9.17, 15) is 4.79 Å². The van der Waals surface area contributed by atoms with Crippen molar-refractivity contribution in [1.82, 2.24) is 10.6 Å². The van der Waals surface area contributed by atoms with E-state index in [1.807, 2.05) is 0 Å². The van der Waals surface area contributed by atoms with E-state index < -0.39 is 0 Å². The molecule has 0 radical (unpaired) electrons. The number of nitrogens with one attached hydrogen (secondary N) is 2. The highest BCUT2D eigenvalue weighted by Crippen LogP contribution is 2.48. The van der Waals surface area contributed by atoms with Crippen LogP contribution in [0.15, 0.2) is 0 Å². The van der Waals surface area contributed by atoms with E-state index in [-0.39, 0.29) is 18.7 Å². The quantitative estimate of drug-likeness (QED) is 0.623. The van der Waals surface area contributed by atoms with Gasteiger partial charge in [0.2, 0.25) is 0 Å². The summed E-state index contributed by atoms with van der Waals surface area (Å²) in [6.45, 7) is 4.70. The molecule has 88 valence electrons. The number of aliphatic hydroxyl groups excluding tert-OH is 1. The predicted molar refractivity (Wildman–Crippen MR) is 59.7 cm³/mol. The summed E-state index contributed by atoms with van der Waals surface area (Å²) in [6.07, 6.45) is 4.84. The fraction of sp³-hybridized carbons (Fsp3) is 0.909. The van der Waals surface area contributed by atoms with Gasteiger partial charge in [-0.15, -0.1) is 0 Å². The lowest BCUT2D eigenvalue weighted by Crippen LogP contribution is -2.44. The zero-order chi connectivity index (χ0) is 11.3. The van der Waals surface area contributed by atoms with Crippen LogP contribution in [0.3, 0.4) is 0 Å². The summed E-state index contributed by atoms with van der Waals surface area (Å²) in [6, 6.07) is -0.342. The fourth-order valence-electron chi connectivity index (χ4n) is 1.81. The number of amides is 2. The van der Waals surface area contributed by atoms with Crippen molar-refractivity contribution >= 4 is 6.03 Å². The number of carbonyl (C=O) groups excluding carboxylic acids is 1. The third kappa shape index (κ3) is 4.08. The Kier molecular flexibility index (Phi) is 4.39. The molecule has 0 spiro atoms. The molecule has 4 nitrogen and oxygen atoms in total. The minimum atomic E-state index is -0.175. The van der Waals surface area contributed by atoms with Gasteiger partial charge in [-0.2, -0.15) is 0 Å². The van der Waals surface area contributed by atoms with Crippen LogP contribution in [0.25, 0.3) is 0 Å². The van der Waals surface area contributed by atoms with Crippen molar-refractivity contribution in [3.05, 3.63) is 0 Å². The lowest BCUT2D eigenvalue weighted by molar-refractivity contribution is 0.218. The predicted octanol–water partition coefficient (Wildman–Crippen LogP) is 1.25. The fourth-order valence-corrected chi connectivity index (χ4v) is 1.81. The molecule has 3 N–H and O–H groups in total. The molecule has 2 amide bonds. The number of hydrogen-bond acceptors (Lipinski definition) is 2. The zero-order valence-electron chi connectivity index (χ0n) is 9.68. The molecule has 0 unspecified atom stereocenters. The average molecular weight is 214 g/mol. The second kappa shape index (κ2) is 5.35. The molecule has 1 aliphatic carbocycles. The maximum absolute atomic E-state index is 11.4. The topological polar surface area (TPSA) is 61.4 Å². The summed E-state index contributed by atoms with van der Waals surface area (Å²) in [7, 11) is 0. The van der Waals surface area contributed by atoms with Crippen LogP contribution in [0.2, 0.25) is 0 Å². The lowest BCUT2D eigenvalue weighted by Gasteiger charge is -2.17. The molecule has 0 aromatic heterocycles. The van der Waals surface area contributed by atoms with Gasteiger partial charge in [0.15, 0.2) is 0 Å². The molecule has 15 heavy (non-hydrogen) atoms. The van der Waals surface area contributed by atoms with Gasteiger partial charge < -0.3 is 15.7 Å². The SMILES string of the molecule is CCCC1(CNC(=O)N[C@@H](C)CO)CC1. The number of aliphatic hydroxyl groups is 1. The third-order valence-electron chi connectivity index (χ3n) is 3.01. The minimum absolute atomic E-state index is 0.0203. The highest BCUT2D eigenvalue weighted by Gasteiger charge is 2.41. The number of hydrogen-bond donors (Lipinski definition) is 3. The molecule has 1 saturated carbocycles.